The van der Waals surface area contributed by atoms with Gasteiger partial charge in [0.1, 0.15) is 0 Å². The molecule has 1 aliphatic carbocycles. The molecule has 1 saturated carbocycles. The van der Waals surface area contributed by atoms with Crippen LogP contribution in [0.3, 0.4) is 0 Å². The highest BCUT2D eigenvalue weighted by atomic mass is 32.2. The second kappa shape index (κ2) is 12.9. The van der Waals surface area contributed by atoms with Crippen molar-refractivity contribution in [3.05, 3.63) is 59.4 Å². The minimum absolute atomic E-state index is 0.0568. The van der Waals surface area contributed by atoms with E-state index >= 15 is 4.39 Å². The average molecular weight is 547 g/mol. The Hall–Kier alpha value is -2.69. The van der Waals surface area contributed by atoms with Crippen LogP contribution in [0.1, 0.15) is 61.4 Å². The average Bonchev–Trinajstić information content (AvgIpc) is 3.27. The number of benzene rings is 2. The van der Waals surface area contributed by atoms with Gasteiger partial charge in [0.05, 0.1) is 29.1 Å². The molecule has 2 atom stereocenters. The molecule has 208 valence electrons. The summed E-state index contributed by atoms with van der Waals surface area (Å²) in [6.45, 7) is 2.85. The van der Waals surface area contributed by atoms with E-state index in [-0.39, 0.29) is 23.5 Å². The molecule has 38 heavy (non-hydrogen) atoms. The fourth-order valence-corrected chi connectivity index (χ4v) is 6.86. The fraction of sp³-hybridized carbons (Fsp3) is 0.536. The van der Waals surface area contributed by atoms with Gasteiger partial charge < -0.3 is 21.1 Å². The first-order valence-electron chi connectivity index (χ1n) is 13.6. The Morgan fingerprint density at radius 3 is 2.53 bits per heavy atom. The van der Waals surface area contributed by atoms with E-state index in [4.69, 9.17) is 0 Å². The van der Waals surface area contributed by atoms with Gasteiger partial charge in [0.15, 0.2) is 5.82 Å². The van der Waals surface area contributed by atoms with E-state index in [9.17, 15) is 18.3 Å². The Morgan fingerprint density at radius 2 is 1.87 bits per heavy atom. The number of carbonyl (C=O) groups excluding carboxylic acids is 1. The number of amides is 1. The van der Waals surface area contributed by atoms with Crippen molar-refractivity contribution in [2.75, 3.05) is 35.0 Å². The van der Waals surface area contributed by atoms with Crippen LogP contribution >= 0.6 is 0 Å². The molecule has 4 N–H and O–H groups in total. The van der Waals surface area contributed by atoms with E-state index in [2.05, 4.69) is 16.0 Å². The van der Waals surface area contributed by atoms with Gasteiger partial charge in [-0.3, -0.25) is 9.10 Å². The van der Waals surface area contributed by atoms with Crippen molar-refractivity contribution < 1.29 is 22.7 Å². The second-order valence-corrected chi connectivity index (χ2v) is 12.2. The van der Waals surface area contributed by atoms with Gasteiger partial charge in [0.2, 0.25) is 10.0 Å². The van der Waals surface area contributed by atoms with Crippen LogP contribution in [0.4, 0.5) is 15.8 Å². The van der Waals surface area contributed by atoms with Gasteiger partial charge >= 0.3 is 0 Å². The van der Waals surface area contributed by atoms with Crippen molar-refractivity contribution in [1.29, 1.82) is 0 Å². The van der Waals surface area contributed by atoms with Gasteiger partial charge in [-0.05, 0) is 50.3 Å². The van der Waals surface area contributed by atoms with Crippen LogP contribution in [0.2, 0.25) is 0 Å². The normalized spacial score (nSPS) is 19.2. The Balaban J connectivity index is 1.58. The highest BCUT2D eigenvalue weighted by molar-refractivity contribution is 7.93. The maximum absolute atomic E-state index is 15.7. The van der Waals surface area contributed by atoms with E-state index in [1.165, 1.54) is 18.6 Å². The predicted octanol–water partition coefficient (Wildman–Crippen LogP) is 3.42. The summed E-state index contributed by atoms with van der Waals surface area (Å²) < 4.78 is 41.9. The molecule has 0 radical (unpaired) electrons. The number of halogens is 1. The van der Waals surface area contributed by atoms with E-state index in [0.717, 1.165) is 35.6 Å². The van der Waals surface area contributed by atoms with Crippen molar-refractivity contribution in [3.63, 3.8) is 0 Å². The fourth-order valence-electron chi connectivity index (χ4n) is 5.31. The number of carbonyl (C=O) groups is 1. The van der Waals surface area contributed by atoms with Crippen molar-refractivity contribution in [3.8, 4) is 0 Å². The SMILES string of the molecule is CCNc1cc(C(=O)N[C@@H](Cc2ccccc2)[C@H](O)CNC2CCCCC2)c(F)c(N2CCCS2(=O)=O)c1. The lowest BCUT2D eigenvalue weighted by atomic mass is 9.95. The van der Waals surface area contributed by atoms with Gasteiger partial charge in [0, 0.05) is 31.4 Å². The standard InChI is InChI=1S/C28H39FN4O4S/c1-2-30-22-17-23(27(29)25(18-22)33-14-9-15-38(33,36)37)28(35)32-24(16-20-10-5-3-6-11-20)26(34)19-31-21-12-7-4-8-13-21/h3,5-6,10-11,17-18,21,24,26,30-31,34H,2,4,7-9,12-16,19H2,1H3,(H,32,35)/t24-,26+/m0/s1. The molecule has 1 amide bonds. The van der Waals surface area contributed by atoms with E-state index in [1.807, 2.05) is 37.3 Å². The molecule has 1 saturated heterocycles. The van der Waals surface area contributed by atoms with Crippen LogP contribution < -0.4 is 20.3 Å². The molecular weight excluding hydrogens is 507 g/mol. The molecular formula is C28H39FN4O4S. The van der Waals surface area contributed by atoms with Gasteiger partial charge in [-0.25, -0.2) is 12.8 Å². The largest absolute Gasteiger partial charge is 0.390 e. The van der Waals surface area contributed by atoms with Crippen LogP contribution in [0.5, 0.6) is 0 Å². The minimum Gasteiger partial charge on any atom is -0.390 e. The van der Waals surface area contributed by atoms with Crippen molar-refractivity contribution in [1.82, 2.24) is 10.6 Å². The molecule has 10 heteroatoms. The lowest BCUT2D eigenvalue weighted by Gasteiger charge is -2.29. The lowest BCUT2D eigenvalue weighted by molar-refractivity contribution is 0.0817. The quantitative estimate of drug-likeness (QED) is 0.344. The highest BCUT2D eigenvalue weighted by Crippen LogP contribution is 2.32. The van der Waals surface area contributed by atoms with Gasteiger partial charge in [-0.2, -0.15) is 0 Å². The van der Waals surface area contributed by atoms with Crippen LogP contribution in [-0.4, -0.2) is 63.0 Å². The Morgan fingerprint density at radius 1 is 1.13 bits per heavy atom. The number of rotatable bonds is 11. The van der Waals surface area contributed by atoms with E-state index in [1.54, 1.807) is 0 Å². The topological polar surface area (TPSA) is 111 Å². The lowest BCUT2D eigenvalue weighted by Crippen LogP contribution is -2.50. The third-order valence-electron chi connectivity index (χ3n) is 7.35. The molecule has 2 aromatic carbocycles. The van der Waals surface area contributed by atoms with Crippen LogP contribution in [0.25, 0.3) is 0 Å². The molecule has 0 unspecified atom stereocenters. The number of hydrogen-bond acceptors (Lipinski definition) is 6. The number of hydrogen-bond donors (Lipinski definition) is 4. The molecule has 1 heterocycles. The summed E-state index contributed by atoms with van der Waals surface area (Å²) in [4.78, 5) is 13.5. The molecule has 0 bridgehead atoms. The summed E-state index contributed by atoms with van der Waals surface area (Å²) in [5.74, 6) is -1.64. The van der Waals surface area contributed by atoms with Gasteiger partial charge in [-0.15, -0.1) is 0 Å². The predicted molar refractivity (Wildman–Crippen MR) is 149 cm³/mol. The van der Waals surface area contributed by atoms with E-state index in [0.29, 0.717) is 37.7 Å². The molecule has 8 nitrogen and oxygen atoms in total. The first kappa shape index (κ1) is 28.3. The molecule has 2 aromatic rings. The maximum atomic E-state index is 15.7. The zero-order valence-electron chi connectivity index (χ0n) is 22.0. The molecule has 2 aliphatic rings. The van der Waals surface area contributed by atoms with Crippen LogP contribution in [0, 0.1) is 5.82 Å². The molecule has 1 aliphatic heterocycles. The monoisotopic (exact) mass is 546 g/mol. The minimum atomic E-state index is -3.65. The molecule has 2 fully saturated rings. The number of nitrogens with one attached hydrogen (secondary N) is 3. The summed E-state index contributed by atoms with van der Waals surface area (Å²) in [5, 5.41) is 20.5. The van der Waals surface area contributed by atoms with Crippen molar-refractivity contribution in [2.24, 2.45) is 0 Å². The van der Waals surface area contributed by atoms with Gasteiger partial charge in [-0.1, -0.05) is 49.6 Å². The summed E-state index contributed by atoms with van der Waals surface area (Å²) in [7, 11) is -3.65. The van der Waals surface area contributed by atoms with Crippen LogP contribution in [-0.2, 0) is 16.4 Å². The summed E-state index contributed by atoms with van der Waals surface area (Å²) in [6, 6.07) is 12.0. The number of nitrogens with zero attached hydrogens (tertiary/aromatic N) is 1. The Bertz CT molecular complexity index is 1190. The highest BCUT2D eigenvalue weighted by Gasteiger charge is 2.33. The van der Waals surface area contributed by atoms with Crippen molar-refractivity contribution in [2.45, 2.75) is 70.1 Å². The first-order valence-corrected chi connectivity index (χ1v) is 15.2. The Labute approximate surface area is 225 Å². The molecule has 0 aromatic heterocycles. The number of sulfonamides is 1. The van der Waals surface area contributed by atoms with E-state index < -0.39 is 33.9 Å². The van der Waals surface area contributed by atoms with Crippen LogP contribution in [0.15, 0.2) is 42.5 Å². The first-order chi connectivity index (χ1) is 18.3. The summed E-state index contributed by atoms with van der Waals surface area (Å²) in [6.07, 6.45) is 5.53. The number of aliphatic hydroxyl groups is 1. The summed E-state index contributed by atoms with van der Waals surface area (Å²) in [5.41, 5.74) is 0.992. The number of anilines is 2. The molecule has 4 rings (SSSR count). The third-order valence-corrected chi connectivity index (χ3v) is 9.20. The smallest absolute Gasteiger partial charge is 0.254 e. The third kappa shape index (κ3) is 7.03. The summed E-state index contributed by atoms with van der Waals surface area (Å²) >= 11 is 0. The van der Waals surface area contributed by atoms with Crippen molar-refractivity contribution >= 4 is 27.3 Å². The molecule has 0 spiro atoms. The maximum Gasteiger partial charge on any atom is 0.254 e. The second-order valence-electron chi connectivity index (χ2n) is 10.2. The van der Waals surface area contributed by atoms with Gasteiger partial charge in [0.25, 0.3) is 5.91 Å². The number of aliphatic hydroxyl groups excluding tert-OH is 1. The Kier molecular flexibility index (Phi) is 9.62. The zero-order valence-corrected chi connectivity index (χ0v) is 22.8. The zero-order chi connectivity index (χ0) is 27.1.